The van der Waals surface area contributed by atoms with Gasteiger partial charge in [-0.05, 0) is 32.2 Å². The number of benzene rings is 1. The van der Waals surface area contributed by atoms with E-state index < -0.39 is 0 Å². The minimum Gasteiger partial charge on any atom is -0.483 e. The Balaban J connectivity index is 1.95. The molecule has 0 fully saturated rings. The molecule has 100 valence electrons. The standard InChI is InChI=1S/C14H15BrN2OS/c1-8-7-19-14(17-8)13-6-11(16-2)10-5-9(15)3-4-12(10)18-13/h3-5,7,11,13,16H,6H2,1-2H3. The number of thiazole rings is 1. The molecule has 1 aromatic carbocycles. The zero-order chi connectivity index (χ0) is 13.4. The average Bonchev–Trinajstić information content (AvgIpc) is 2.84. The summed E-state index contributed by atoms with van der Waals surface area (Å²) in [6.45, 7) is 2.02. The van der Waals surface area contributed by atoms with Crippen LogP contribution in [0, 0.1) is 6.92 Å². The predicted octanol–water partition coefficient (Wildman–Crippen LogP) is 4.00. The lowest BCUT2D eigenvalue weighted by Gasteiger charge is -2.31. The van der Waals surface area contributed by atoms with Crippen LogP contribution in [-0.2, 0) is 0 Å². The van der Waals surface area contributed by atoms with E-state index in [9.17, 15) is 0 Å². The Morgan fingerprint density at radius 1 is 1.47 bits per heavy atom. The van der Waals surface area contributed by atoms with Crippen molar-refractivity contribution >= 4 is 27.3 Å². The SMILES string of the molecule is CNC1CC(c2nc(C)cs2)Oc2ccc(Br)cc21. The Labute approximate surface area is 125 Å². The largest absolute Gasteiger partial charge is 0.483 e. The van der Waals surface area contributed by atoms with E-state index in [4.69, 9.17) is 4.74 Å². The summed E-state index contributed by atoms with van der Waals surface area (Å²) in [5.41, 5.74) is 2.27. The third-order valence-electron chi connectivity index (χ3n) is 3.33. The number of nitrogens with zero attached hydrogens (tertiary/aromatic N) is 1. The Morgan fingerprint density at radius 3 is 3.00 bits per heavy atom. The molecule has 0 amide bonds. The lowest BCUT2D eigenvalue weighted by molar-refractivity contribution is 0.153. The summed E-state index contributed by atoms with van der Waals surface area (Å²) in [6, 6.07) is 6.47. The van der Waals surface area contributed by atoms with Crippen molar-refractivity contribution in [1.82, 2.24) is 10.3 Å². The van der Waals surface area contributed by atoms with Crippen LogP contribution in [0.25, 0.3) is 0 Å². The van der Waals surface area contributed by atoms with Gasteiger partial charge in [0.05, 0.1) is 0 Å². The van der Waals surface area contributed by atoms with Crippen molar-refractivity contribution < 1.29 is 4.74 Å². The van der Waals surface area contributed by atoms with E-state index in [2.05, 4.69) is 37.7 Å². The topological polar surface area (TPSA) is 34.2 Å². The summed E-state index contributed by atoms with van der Waals surface area (Å²) < 4.78 is 7.19. The van der Waals surface area contributed by atoms with Gasteiger partial charge in [-0.1, -0.05) is 15.9 Å². The second-order valence-corrected chi connectivity index (χ2v) is 6.50. The van der Waals surface area contributed by atoms with Crippen molar-refractivity contribution in [2.45, 2.75) is 25.5 Å². The van der Waals surface area contributed by atoms with Gasteiger partial charge in [0.1, 0.15) is 10.8 Å². The molecule has 2 unspecified atom stereocenters. The van der Waals surface area contributed by atoms with E-state index in [-0.39, 0.29) is 6.10 Å². The Morgan fingerprint density at radius 2 is 2.32 bits per heavy atom. The molecule has 3 rings (SSSR count). The number of halogens is 1. The van der Waals surface area contributed by atoms with Gasteiger partial charge >= 0.3 is 0 Å². The molecule has 0 bridgehead atoms. The number of hydrogen-bond acceptors (Lipinski definition) is 4. The van der Waals surface area contributed by atoms with Gasteiger partial charge in [-0.2, -0.15) is 0 Å². The van der Waals surface area contributed by atoms with Crippen LogP contribution in [0.2, 0.25) is 0 Å². The summed E-state index contributed by atoms with van der Waals surface area (Å²) in [7, 11) is 1.99. The molecular formula is C14H15BrN2OS. The van der Waals surface area contributed by atoms with Crippen molar-refractivity contribution in [2.75, 3.05) is 7.05 Å². The molecular weight excluding hydrogens is 324 g/mol. The monoisotopic (exact) mass is 338 g/mol. The first-order valence-electron chi connectivity index (χ1n) is 6.23. The number of aromatic nitrogens is 1. The molecule has 5 heteroatoms. The minimum atomic E-state index is 0.0461. The van der Waals surface area contributed by atoms with Crippen LogP contribution in [0.3, 0.4) is 0 Å². The highest BCUT2D eigenvalue weighted by Gasteiger charge is 2.30. The molecule has 1 N–H and O–H groups in total. The lowest BCUT2D eigenvalue weighted by Crippen LogP contribution is -2.26. The molecule has 3 nitrogen and oxygen atoms in total. The number of nitrogens with one attached hydrogen (secondary N) is 1. The van der Waals surface area contributed by atoms with Crippen LogP contribution in [0.1, 0.15) is 34.8 Å². The van der Waals surface area contributed by atoms with Gasteiger partial charge in [0.25, 0.3) is 0 Å². The fraction of sp³-hybridized carbons (Fsp3) is 0.357. The van der Waals surface area contributed by atoms with Gasteiger partial charge in [-0.3, -0.25) is 0 Å². The zero-order valence-electron chi connectivity index (χ0n) is 10.8. The molecule has 1 aliphatic heterocycles. The van der Waals surface area contributed by atoms with Crippen molar-refractivity contribution in [3.05, 3.63) is 44.3 Å². The number of ether oxygens (including phenoxy) is 1. The van der Waals surface area contributed by atoms with Gasteiger partial charge in [0, 0.05) is 33.6 Å². The summed E-state index contributed by atoms with van der Waals surface area (Å²) in [4.78, 5) is 4.55. The fourth-order valence-electron chi connectivity index (χ4n) is 2.39. The minimum absolute atomic E-state index is 0.0461. The molecule has 0 spiro atoms. The lowest BCUT2D eigenvalue weighted by atomic mass is 9.97. The van der Waals surface area contributed by atoms with Crippen molar-refractivity contribution in [2.24, 2.45) is 0 Å². The summed E-state index contributed by atoms with van der Waals surface area (Å²) >= 11 is 5.19. The van der Waals surface area contributed by atoms with E-state index in [0.29, 0.717) is 6.04 Å². The van der Waals surface area contributed by atoms with E-state index in [0.717, 1.165) is 27.3 Å². The Kier molecular flexibility index (Phi) is 3.60. The second-order valence-electron chi connectivity index (χ2n) is 4.69. The molecule has 2 atom stereocenters. The molecule has 0 aliphatic carbocycles. The van der Waals surface area contributed by atoms with E-state index >= 15 is 0 Å². The third kappa shape index (κ3) is 2.55. The van der Waals surface area contributed by atoms with Crippen LogP contribution >= 0.6 is 27.3 Å². The predicted molar refractivity (Wildman–Crippen MR) is 80.8 cm³/mol. The maximum absolute atomic E-state index is 6.11. The number of aryl methyl sites for hydroxylation is 1. The van der Waals surface area contributed by atoms with Crippen LogP contribution in [0.4, 0.5) is 0 Å². The number of hydrogen-bond donors (Lipinski definition) is 1. The highest BCUT2D eigenvalue weighted by Crippen LogP contribution is 2.42. The van der Waals surface area contributed by atoms with Crippen molar-refractivity contribution in [3.63, 3.8) is 0 Å². The fourth-order valence-corrected chi connectivity index (χ4v) is 3.60. The highest BCUT2D eigenvalue weighted by molar-refractivity contribution is 9.10. The normalized spacial score (nSPS) is 21.8. The Bertz CT molecular complexity index is 599. The van der Waals surface area contributed by atoms with Crippen LogP contribution in [0.15, 0.2) is 28.1 Å². The highest BCUT2D eigenvalue weighted by atomic mass is 79.9. The van der Waals surface area contributed by atoms with Gasteiger partial charge < -0.3 is 10.1 Å². The van der Waals surface area contributed by atoms with E-state index in [1.54, 1.807) is 11.3 Å². The first-order valence-corrected chi connectivity index (χ1v) is 7.90. The van der Waals surface area contributed by atoms with Crippen LogP contribution in [-0.4, -0.2) is 12.0 Å². The van der Waals surface area contributed by atoms with Gasteiger partial charge in [0.15, 0.2) is 6.10 Å². The maximum atomic E-state index is 6.11. The van der Waals surface area contributed by atoms with Gasteiger partial charge in [-0.25, -0.2) is 4.98 Å². The van der Waals surface area contributed by atoms with Crippen molar-refractivity contribution in [3.8, 4) is 5.75 Å². The number of rotatable bonds is 2. The van der Waals surface area contributed by atoms with Crippen molar-refractivity contribution in [1.29, 1.82) is 0 Å². The van der Waals surface area contributed by atoms with Crippen LogP contribution < -0.4 is 10.1 Å². The maximum Gasteiger partial charge on any atom is 0.152 e. The summed E-state index contributed by atoms with van der Waals surface area (Å²) in [6.07, 6.45) is 0.956. The first-order chi connectivity index (χ1) is 9.17. The quantitative estimate of drug-likeness (QED) is 0.898. The molecule has 19 heavy (non-hydrogen) atoms. The van der Waals surface area contributed by atoms with E-state index in [1.807, 2.05) is 26.1 Å². The smallest absolute Gasteiger partial charge is 0.152 e. The first kappa shape index (κ1) is 13.1. The molecule has 1 aliphatic rings. The zero-order valence-corrected chi connectivity index (χ0v) is 13.2. The van der Waals surface area contributed by atoms with Gasteiger partial charge in [0.2, 0.25) is 0 Å². The molecule has 2 aromatic rings. The molecule has 0 radical (unpaired) electrons. The molecule has 0 saturated carbocycles. The number of fused-ring (bicyclic) bond motifs is 1. The summed E-state index contributed by atoms with van der Waals surface area (Å²) in [5.74, 6) is 0.951. The Hall–Kier alpha value is -0.910. The average molecular weight is 339 g/mol. The summed E-state index contributed by atoms with van der Waals surface area (Å²) in [5, 5.41) is 6.50. The van der Waals surface area contributed by atoms with Crippen LogP contribution in [0.5, 0.6) is 5.75 Å². The molecule has 2 heterocycles. The molecule has 1 aromatic heterocycles. The second kappa shape index (κ2) is 5.23. The third-order valence-corrected chi connectivity index (χ3v) is 4.87. The molecule has 0 saturated heterocycles. The van der Waals surface area contributed by atoms with E-state index in [1.165, 1.54) is 5.56 Å². The van der Waals surface area contributed by atoms with Gasteiger partial charge in [-0.15, -0.1) is 11.3 Å².